The second-order valence-corrected chi connectivity index (χ2v) is 5.70. The minimum absolute atomic E-state index is 0.467. The monoisotopic (exact) mass is 292 g/mol. The molecule has 5 heteroatoms. The smallest absolute Gasteiger partial charge is 0.224 e. The Morgan fingerprint density at radius 1 is 1.14 bits per heavy atom. The first-order chi connectivity index (χ1) is 10.3. The van der Waals surface area contributed by atoms with Gasteiger partial charge in [0.1, 0.15) is 5.82 Å². The molecular weight excluding hydrogens is 264 g/mol. The number of nitrogens with zero attached hydrogens (tertiary/aromatic N) is 2. The molecular formula is C16H28N4O. The lowest BCUT2D eigenvalue weighted by Gasteiger charge is -2.22. The van der Waals surface area contributed by atoms with E-state index in [0.29, 0.717) is 12.1 Å². The predicted molar refractivity (Wildman–Crippen MR) is 86.9 cm³/mol. The van der Waals surface area contributed by atoms with Crippen molar-refractivity contribution in [2.24, 2.45) is 0 Å². The Labute approximate surface area is 127 Å². The maximum absolute atomic E-state index is 5.91. The lowest BCUT2D eigenvalue weighted by atomic mass is 9.98. The Hall–Kier alpha value is -1.36. The minimum Gasteiger partial charge on any atom is -0.376 e. The van der Waals surface area contributed by atoms with Crippen LogP contribution < -0.4 is 10.6 Å². The molecule has 0 unspecified atom stereocenters. The van der Waals surface area contributed by atoms with Gasteiger partial charge in [0.15, 0.2) is 0 Å². The van der Waals surface area contributed by atoms with E-state index in [0.717, 1.165) is 37.6 Å². The van der Waals surface area contributed by atoms with Crippen LogP contribution in [-0.4, -0.2) is 35.8 Å². The number of nitrogens with one attached hydrogen (secondary N) is 2. The molecule has 1 aliphatic carbocycles. The summed E-state index contributed by atoms with van der Waals surface area (Å²) in [4.78, 5) is 8.85. The Morgan fingerprint density at radius 2 is 1.95 bits per heavy atom. The van der Waals surface area contributed by atoms with Gasteiger partial charge >= 0.3 is 0 Å². The van der Waals surface area contributed by atoms with Crippen LogP contribution in [0.4, 0.5) is 11.8 Å². The predicted octanol–water partition coefficient (Wildman–Crippen LogP) is 3.37. The van der Waals surface area contributed by atoms with Crippen molar-refractivity contribution >= 4 is 11.8 Å². The van der Waals surface area contributed by atoms with E-state index in [-0.39, 0.29) is 0 Å². The van der Waals surface area contributed by atoms with Gasteiger partial charge in [-0.15, -0.1) is 0 Å². The molecule has 0 atom stereocenters. The van der Waals surface area contributed by atoms with Crippen molar-refractivity contribution in [2.45, 2.75) is 58.5 Å². The minimum atomic E-state index is 0.467. The zero-order valence-electron chi connectivity index (χ0n) is 13.3. The number of hydrogen-bond donors (Lipinski definition) is 2. The number of hydrogen-bond acceptors (Lipinski definition) is 5. The Kier molecular flexibility index (Phi) is 6.73. The summed E-state index contributed by atoms with van der Waals surface area (Å²) < 4.78 is 5.91. The maximum Gasteiger partial charge on any atom is 0.224 e. The Bertz CT molecular complexity index is 419. The van der Waals surface area contributed by atoms with E-state index in [1.54, 1.807) is 0 Å². The molecule has 0 radical (unpaired) electrons. The van der Waals surface area contributed by atoms with Gasteiger partial charge in [0, 0.05) is 24.8 Å². The fourth-order valence-corrected chi connectivity index (χ4v) is 2.61. The molecule has 21 heavy (non-hydrogen) atoms. The summed E-state index contributed by atoms with van der Waals surface area (Å²) in [5, 5.41) is 6.55. The normalized spacial score (nSPS) is 15.9. The summed E-state index contributed by atoms with van der Waals surface area (Å²) in [5.74, 6) is 1.57. The van der Waals surface area contributed by atoms with Crippen LogP contribution in [0.5, 0.6) is 0 Å². The number of aryl methyl sites for hydroxylation is 1. The van der Waals surface area contributed by atoms with Gasteiger partial charge in [0.05, 0.1) is 12.7 Å². The van der Waals surface area contributed by atoms with Gasteiger partial charge in [-0.25, -0.2) is 4.98 Å². The Morgan fingerprint density at radius 3 is 2.71 bits per heavy atom. The summed E-state index contributed by atoms with van der Waals surface area (Å²) in [5.41, 5.74) is 0.972. The first-order valence-corrected chi connectivity index (χ1v) is 8.23. The summed E-state index contributed by atoms with van der Waals surface area (Å²) in [6.07, 6.45) is 7.97. The lowest BCUT2D eigenvalue weighted by molar-refractivity contribution is 0.0347. The van der Waals surface area contributed by atoms with Crippen molar-refractivity contribution in [3.05, 3.63) is 11.8 Å². The van der Waals surface area contributed by atoms with Crippen molar-refractivity contribution < 1.29 is 4.74 Å². The van der Waals surface area contributed by atoms with Crippen LogP contribution in [0.1, 0.15) is 51.1 Å². The van der Waals surface area contributed by atoms with Crippen LogP contribution in [-0.2, 0) is 4.74 Å². The molecule has 1 saturated carbocycles. The van der Waals surface area contributed by atoms with E-state index in [9.17, 15) is 0 Å². The van der Waals surface area contributed by atoms with Crippen molar-refractivity contribution in [1.82, 2.24) is 9.97 Å². The van der Waals surface area contributed by atoms with Gasteiger partial charge in [-0.05, 0) is 26.2 Å². The van der Waals surface area contributed by atoms with Gasteiger partial charge in [0.25, 0.3) is 0 Å². The number of rotatable bonds is 8. The lowest BCUT2D eigenvalue weighted by Crippen LogP contribution is -2.21. The van der Waals surface area contributed by atoms with Gasteiger partial charge in [-0.1, -0.05) is 26.2 Å². The molecule has 5 nitrogen and oxygen atoms in total. The number of aromatic nitrogens is 2. The summed E-state index contributed by atoms with van der Waals surface area (Å²) in [6.45, 7) is 6.55. The molecule has 2 N–H and O–H groups in total. The standard InChI is InChI=1S/C16H28N4O/c1-3-9-18-16-19-13(2)12-15(20-16)17-10-11-21-14-7-5-4-6-8-14/h12,14H,3-11H2,1-2H3,(H2,17,18,19,20). The average molecular weight is 292 g/mol. The highest BCUT2D eigenvalue weighted by atomic mass is 16.5. The molecule has 1 aliphatic rings. The zero-order valence-corrected chi connectivity index (χ0v) is 13.3. The third-order valence-corrected chi connectivity index (χ3v) is 3.70. The van der Waals surface area contributed by atoms with Gasteiger partial charge < -0.3 is 15.4 Å². The van der Waals surface area contributed by atoms with Crippen LogP contribution in [0.25, 0.3) is 0 Å². The van der Waals surface area contributed by atoms with Crippen molar-refractivity contribution in [2.75, 3.05) is 30.3 Å². The van der Waals surface area contributed by atoms with E-state index in [1.807, 2.05) is 13.0 Å². The molecule has 0 aromatic carbocycles. The molecule has 0 saturated heterocycles. The van der Waals surface area contributed by atoms with Gasteiger partial charge in [-0.2, -0.15) is 4.98 Å². The topological polar surface area (TPSA) is 59.1 Å². The molecule has 1 aromatic rings. The molecule has 0 aliphatic heterocycles. The molecule has 118 valence electrons. The Balaban J connectivity index is 1.72. The highest BCUT2D eigenvalue weighted by Crippen LogP contribution is 2.20. The van der Waals surface area contributed by atoms with Crippen LogP contribution in [0, 0.1) is 6.92 Å². The molecule has 0 amide bonds. The van der Waals surface area contributed by atoms with Gasteiger partial charge in [-0.3, -0.25) is 0 Å². The van der Waals surface area contributed by atoms with Crippen molar-refractivity contribution in [1.29, 1.82) is 0 Å². The zero-order chi connectivity index (χ0) is 14.9. The quantitative estimate of drug-likeness (QED) is 0.719. The highest BCUT2D eigenvalue weighted by molar-refractivity contribution is 5.42. The fourth-order valence-electron chi connectivity index (χ4n) is 2.61. The fraction of sp³-hybridized carbons (Fsp3) is 0.750. The summed E-state index contributed by atoms with van der Waals surface area (Å²) in [7, 11) is 0. The molecule has 2 rings (SSSR count). The van der Waals surface area contributed by atoms with Crippen LogP contribution in [0.15, 0.2) is 6.07 Å². The second-order valence-electron chi connectivity index (χ2n) is 5.70. The van der Waals surface area contributed by atoms with Crippen LogP contribution >= 0.6 is 0 Å². The molecule has 0 bridgehead atoms. The molecule has 1 aromatic heterocycles. The van der Waals surface area contributed by atoms with Gasteiger partial charge in [0.2, 0.25) is 5.95 Å². The molecule has 0 spiro atoms. The molecule has 1 heterocycles. The summed E-state index contributed by atoms with van der Waals surface area (Å²) in [6, 6.07) is 1.97. The number of anilines is 2. The largest absolute Gasteiger partial charge is 0.376 e. The second kappa shape index (κ2) is 8.82. The van der Waals surface area contributed by atoms with Crippen LogP contribution in [0.3, 0.4) is 0 Å². The van der Waals surface area contributed by atoms with E-state index < -0.39 is 0 Å². The maximum atomic E-state index is 5.91. The van der Waals surface area contributed by atoms with Crippen molar-refractivity contribution in [3.63, 3.8) is 0 Å². The summed E-state index contributed by atoms with van der Waals surface area (Å²) >= 11 is 0. The average Bonchev–Trinajstić information content (AvgIpc) is 2.50. The number of ether oxygens (including phenoxy) is 1. The SMILES string of the molecule is CCCNc1nc(C)cc(NCCOC2CCCCC2)n1. The van der Waals surface area contributed by atoms with E-state index in [4.69, 9.17) is 4.74 Å². The third-order valence-electron chi connectivity index (χ3n) is 3.70. The first kappa shape index (κ1) is 16.0. The third kappa shape index (κ3) is 5.87. The van der Waals surface area contributed by atoms with Crippen molar-refractivity contribution in [3.8, 4) is 0 Å². The first-order valence-electron chi connectivity index (χ1n) is 8.23. The van der Waals surface area contributed by atoms with E-state index in [1.165, 1.54) is 32.1 Å². The van der Waals surface area contributed by atoms with E-state index in [2.05, 4.69) is 27.5 Å². The molecule has 1 fully saturated rings. The van der Waals surface area contributed by atoms with Crippen LogP contribution in [0.2, 0.25) is 0 Å². The highest BCUT2D eigenvalue weighted by Gasteiger charge is 2.13. The van der Waals surface area contributed by atoms with E-state index >= 15 is 0 Å².